The molecule has 0 aliphatic heterocycles. The molecule has 1 aromatic heterocycles. The van der Waals surface area contributed by atoms with E-state index in [9.17, 15) is 4.79 Å². The molecule has 1 rings (SSSR count). The largest absolute Gasteiger partial charge is 0.456 e. The van der Waals surface area contributed by atoms with Crippen molar-refractivity contribution >= 4 is 11.8 Å². The van der Waals surface area contributed by atoms with Gasteiger partial charge >= 0.3 is 5.97 Å². The molecule has 15 heavy (non-hydrogen) atoms. The van der Waals surface area contributed by atoms with Crippen LogP contribution >= 0.6 is 0 Å². The van der Waals surface area contributed by atoms with Crippen molar-refractivity contribution in [2.45, 2.75) is 33.3 Å². The standard InChI is InChI=1S/C11H16N2O2/c1-7-5-6-8(9(12)13-7)10(14)15-11(2,3)4/h5-6H,1-4H3,(H2,12,13). The number of nitrogens with two attached hydrogens (primary N) is 1. The first kappa shape index (κ1) is 11.5. The van der Waals surface area contributed by atoms with E-state index in [0.717, 1.165) is 5.69 Å². The van der Waals surface area contributed by atoms with Crippen LogP contribution in [0.4, 0.5) is 5.82 Å². The van der Waals surface area contributed by atoms with Gasteiger partial charge in [-0.15, -0.1) is 0 Å². The van der Waals surface area contributed by atoms with Gasteiger partial charge in [-0.3, -0.25) is 0 Å². The third-order valence-corrected chi connectivity index (χ3v) is 1.68. The summed E-state index contributed by atoms with van der Waals surface area (Å²) in [6, 6.07) is 3.36. The maximum absolute atomic E-state index is 11.7. The maximum Gasteiger partial charge on any atom is 0.342 e. The zero-order chi connectivity index (χ0) is 11.6. The van der Waals surface area contributed by atoms with E-state index in [1.54, 1.807) is 12.1 Å². The maximum atomic E-state index is 11.7. The van der Waals surface area contributed by atoms with Gasteiger partial charge < -0.3 is 10.5 Å². The van der Waals surface area contributed by atoms with Crippen molar-refractivity contribution in [2.24, 2.45) is 0 Å². The third-order valence-electron chi connectivity index (χ3n) is 1.68. The highest BCUT2D eigenvalue weighted by Gasteiger charge is 2.19. The lowest BCUT2D eigenvalue weighted by Gasteiger charge is -2.19. The molecule has 2 N–H and O–H groups in total. The van der Waals surface area contributed by atoms with Crippen LogP contribution in [-0.4, -0.2) is 16.6 Å². The third kappa shape index (κ3) is 3.23. The van der Waals surface area contributed by atoms with Crippen LogP contribution in [0.2, 0.25) is 0 Å². The summed E-state index contributed by atoms with van der Waals surface area (Å²) in [5, 5.41) is 0. The van der Waals surface area contributed by atoms with E-state index in [1.807, 2.05) is 27.7 Å². The van der Waals surface area contributed by atoms with E-state index in [0.29, 0.717) is 5.56 Å². The van der Waals surface area contributed by atoms with E-state index < -0.39 is 11.6 Å². The molecule has 82 valence electrons. The summed E-state index contributed by atoms with van der Waals surface area (Å²) >= 11 is 0. The van der Waals surface area contributed by atoms with Crippen molar-refractivity contribution < 1.29 is 9.53 Å². The highest BCUT2D eigenvalue weighted by atomic mass is 16.6. The number of carbonyl (C=O) groups excluding carboxylic acids is 1. The molecule has 0 unspecified atom stereocenters. The predicted molar refractivity (Wildman–Crippen MR) is 58.6 cm³/mol. The Bertz CT molecular complexity index is 381. The molecule has 0 saturated carbocycles. The molecule has 0 aliphatic rings. The van der Waals surface area contributed by atoms with Crippen LogP contribution in [-0.2, 0) is 4.74 Å². The normalized spacial score (nSPS) is 11.2. The first-order chi connectivity index (χ1) is 6.79. The van der Waals surface area contributed by atoms with Crippen LogP contribution in [0, 0.1) is 6.92 Å². The van der Waals surface area contributed by atoms with E-state index >= 15 is 0 Å². The van der Waals surface area contributed by atoms with Crippen LogP contribution in [0.25, 0.3) is 0 Å². The lowest BCUT2D eigenvalue weighted by Crippen LogP contribution is -2.24. The Labute approximate surface area is 89.5 Å². The molecule has 0 spiro atoms. The molecule has 1 aromatic rings. The highest BCUT2D eigenvalue weighted by molar-refractivity contribution is 5.94. The summed E-state index contributed by atoms with van der Waals surface area (Å²) in [5.74, 6) is -0.225. The number of hydrogen-bond acceptors (Lipinski definition) is 4. The van der Waals surface area contributed by atoms with Gasteiger partial charge in [0, 0.05) is 5.69 Å². The number of esters is 1. The summed E-state index contributed by atoms with van der Waals surface area (Å²) in [7, 11) is 0. The van der Waals surface area contributed by atoms with Crippen molar-refractivity contribution in [3.63, 3.8) is 0 Å². The molecule has 4 nitrogen and oxygen atoms in total. The number of carbonyl (C=O) groups is 1. The van der Waals surface area contributed by atoms with E-state index in [-0.39, 0.29) is 5.82 Å². The molecular formula is C11H16N2O2. The lowest BCUT2D eigenvalue weighted by atomic mass is 10.2. The zero-order valence-corrected chi connectivity index (χ0v) is 9.50. The molecule has 0 fully saturated rings. The van der Waals surface area contributed by atoms with Crippen LogP contribution in [0.3, 0.4) is 0 Å². The minimum atomic E-state index is -0.519. The summed E-state index contributed by atoms with van der Waals surface area (Å²) in [6.07, 6.45) is 0. The predicted octanol–water partition coefficient (Wildman–Crippen LogP) is 1.93. The number of nitrogens with zero attached hydrogens (tertiary/aromatic N) is 1. The van der Waals surface area contributed by atoms with Gasteiger partial charge in [-0.2, -0.15) is 0 Å². The number of rotatable bonds is 1. The number of anilines is 1. The quantitative estimate of drug-likeness (QED) is 0.716. The first-order valence-electron chi connectivity index (χ1n) is 4.76. The van der Waals surface area contributed by atoms with E-state index in [2.05, 4.69) is 4.98 Å². The second-order valence-corrected chi connectivity index (χ2v) is 4.39. The van der Waals surface area contributed by atoms with Gasteiger partial charge in [-0.05, 0) is 39.8 Å². The first-order valence-corrected chi connectivity index (χ1v) is 4.76. The van der Waals surface area contributed by atoms with Gasteiger partial charge in [0.15, 0.2) is 0 Å². The van der Waals surface area contributed by atoms with Crippen molar-refractivity contribution in [3.05, 3.63) is 23.4 Å². The minimum absolute atomic E-state index is 0.212. The molecule has 0 bridgehead atoms. The summed E-state index contributed by atoms with van der Waals surface area (Å²) in [4.78, 5) is 15.7. The fraction of sp³-hybridized carbons (Fsp3) is 0.455. The Morgan fingerprint density at radius 2 is 2.00 bits per heavy atom. The lowest BCUT2D eigenvalue weighted by molar-refractivity contribution is 0.00705. The second-order valence-electron chi connectivity index (χ2n) is 4.39. The van der Waals surface area contributed by atoms with Crippen molar-refractivity contribution in [2.75, 3.05) is 5.73 Å². The molecule has 0 aromatic carbocycles. The van der Waals surface area contributed by atoms with Crippen LogP contribution < -0.4 is 5.73 Å². The van der Waals surface area contributed by atoms with Crippen LogP contribution in [0.15, 0.2) is 12.1 Å². The Morgan fingerprint density at radius 3 is 2.47 bits per heavy atom. The molecule has 0 radical (unpaired) electrons. The smallest absolute Gasteiger partial charge is 0.342 e. The van der Waals surface area contributed by atoms with Gasteiger partial charge in [0.25, 0.3) is 0 Å². The Morgan fingerprint density at radius 1 is 1.40 bits per heavy atom. The van der Waals surface area contributed by atoms with Gasteiger partial charge in [-0.25, -0.2) is 9.78 Å². The number of hydrogen-bond donors (Lipinski definition) is 1. The topological polar surface area (TPSA) is 65.2 Å². The number of pyridine rings is 1. The Hall–Kier alpha value is -1.58. The number of nitrogen functional groups attached to an aromatic ring is 1. The van der Waals surface area contributed by atoms with E-state index in [1.165, 1.54) is 0 Å². The van der Waals surface area contributed by atoms with E-state index in [4.69, 9.17) is 10.5 Å². The molecular weight excluding hydrogens is 192 g/mol. The van der Waals surface area contributed by atoms with Crippen LogP contribution in [0.5, 0.6) is 0 Å². The summed E-state index contributed by atoms with van der Waals surface area (Å²) < 4.78 is 5.19. The SMILES string of the molecule is Cc1ccc(C(=O)OC(C)(C)C)c(N)n1. The number of aromatic nitrogens is 1. The zero-order valence-electron chi connectivity index (χ0n) is 9.50. The average molecular weight is 208 g/mol. The van der Waals surface area contributed by atoms with Crippen molar-refractivity contribution in [1.82, 2.24) is 4.98 Å². The molecule has 0 amide bonds. The summed E-state index contributed by atoms with van der Waals surface area (Å²) in [5.41, 5.74) is 6.20. The van der Waals surface area contributed by atoms with Gasteiger partial charge in [0.2, 0.25) is 0 Å². The van der Waals surface area contributed by atoms with Crippen LogP contribution in [0.1, 0.15) is 36.8 Å². The Kier molecular flexibility index (Phi) is 2.98. The average Bonchev–Trinajstić information content (AvgIpc) is 1.99. The summed E-state index contributed by atoms with van der Waals surface area (Å²) in [6.45, 7) is 7.24. The fourth-order valence-corrected chi connectivity index (χ4v) is 1.08. The molecule has 0 aliphatic carbocycles. The highest BCUT2D eigenvalue weighted by Crippen LogP contribution is 2.15. The molecule has 1 heterocycles. The molecule has 0 saturated heterocycles. The number of ether oxygens (including phenoxy) is 1. The van der Waals surface area contributed by atoms with Crippen molar-refractivity contribution in [1.29, 1.82) is 0 Å². The number of aryl methyl sites for hydroxylation is 1. The van der Waals surface area contributed by atoms with Crippen molar-refractivity contribution in [3.8, 4) is 0 Å². The Balaban J connectivity index is 2.92. The molecule has 4 heteroatoms. The van der Waals surface area contributed by atoms with Gasteiger partial charge in [-0.1, -0.05) is 0 Å². The van der Waals surface area contributed by atoms with Gasteiger partial charge in [0.1, 0.15) is 17.0 Å². The minimum Gasteiger partial charge on any atom is -0.456 e. The monoisotopic (exact) mass is 208 g/mol. The second kappa shape index (κ2) is 3.88. The van der Waals surface area contributed by atoms with Gasteiger partial charge in [0.05, 0.1) is 0 Å². The fourth-order valence-electron chi connectivity index (χ4n) is 1.08. The molecule has 0 atom stereocenters.